The van der Waals surface area contributed by atoms with E-state index in [4.69, 9.17) is 0 Å². The van der Waals surface area contributed by atoms with E-state index in [0.717, 1.165) is 28.3 Å². The normalized spacial score (nSPS) is 9.68. The van der Waals surface area contributed by atoms with Gasteiger partial charge in [0.1, 0.15) is 0 Å². The van der Waals surface area contributed by atoms with Crippen molar-refractivity contribution < 1.29 is 4.79 Å². The van der Waals surface area contributed by atoms with Gasteiger partial charge in [0.25, 0.3) is 5.91 Å². The Morgan fingerprint density at radius 1 is 1.18 bits per heavy atom. The Labute approximate surface area is 137 Å². The first-order chi connectivity index (χ1) is 10.6. The minimum absolute atomic E-state index is 0.0641. The summed E-state index contributed by atoms with van der Waals surface area (Å²) in [6.45, 7) is 10.00. The van der Waals surface area contributed by atoms with Crippen LogP contribution in [-0.4, -0.2) is 16.6 Å². The van der Waals surface area contributed by atoms with Crippen molar-refractivity contribution in [1.29, 1.82) is 0 Å². The molecule has 0 aliphatic rings. The molecule has 1 amide bonds. The lowest BCUT2D eigenvalue weighted by Gasteiger charge is -2.09. The molecule has 0 radical (unpaired) electrons. The minimum atomic E-state index is -0.0641. The number of nitrogens with zero attached hydrogens (tertiary/aromatic N) is 1. The predicted octanol–water partition coefficient (Wildman–Crippen LogP) is 4.79. The van der Waals surface area contributed by atoms with E-state index >= 15 is 0 Å². The second-order valence-corrected chi connectivity index (χ2v) is 5.63. The quantitative estimate of drug-likeness (QED) is 0.825. The molecule has 118 valence electrons. The highest BCUT2D eigenvalue weighted by molar-refractivity contribution is 7.97. The van der Waals surface area contributed by atoms with Crippen LogP contribution in [0.3, 0.4) is 0 Å². The largest absolute Gasteiger partial charge is 0.296 e. The van der Waals surface area contributed by atoms with Crippen LogP contribution in [0.5, 0.6) is 0 Å². The number of carbonyl (C=O) groups is 1. The number of carbonyl (C=O) groups excluding carboxylic acids is 1. The Bertz CT molecular complexity index is 626. The van der Waals surface area contributed by atoms with Gasteiger partial charge in [0.05, 0.1) is 5.69 Å². The maximum Gasteiger partial charge on any atom is 0.261 e. The first-order valence-electron chi connectivity index (χ1n) is 7.58. The topological polar surface area (TPSA) is 42.0 Å². The first-order valence-corrected chi connectivity index (χ1v) is 8.57. The van der Waals surface area contributed by atoms with Crippen LogP contribution in [0.25, 0.3) is 11.3 Å². The van der Waals surface area contributed by atoms with Crippen molar-refractivity contribution in [1.82, 2.24) is 9.71 Å². The highest BCUT2D eigenvalue weighted by atomic mass is 32.2. The fourth-order valence-electron chi connectivity index (χ4n) is 1.93. The van der Waals surface area contributed by atoms with Crippen molar-refractivity contribution in [3.05, 3.63) is 53.2 Å². The molecule has 1 N–H and O–H groups in total. The third-order valence-corrected chi connectivity index (χ3v) is 3.59. The van der Waals surface area contributed by atoms with Crippen LogP contribution in [0.2, 0.25) is 0 Å². The highest BCUT2D eigenvalue weighted by Crippen LogP contribution is 2.23. The second kappa shape index (κ2) is 9.26. The number of pyridine rings is 1. The van der Waals surface area contributed by atoms with Gasteiger partial charge < -0.3 is 0 Å². The highest BCUT2D eigenvalue weighted by Gasteiger charge is 2.10. The van der Waals surface area contributed by atoms with Gasteiger partial charge >= 0.3 is 0 Å². The van der Waals surface area contributed by atoms with Crippen molar-refractivity contribution >= 4 is 17.9 Å². The van der Waals surface area contributed by atoms with Gasteiger partial charge in [-0.2, -0.15) is 0 Å². The zero-order valence-corrected chi connectivity index (χ0v) is 14.8. The van der Waals surface area contributed by atoms with Crippen LogP contribution >= 0.6 is 11.9 Å². The molecular weight excluding hydrogens is 292 g/mol. The van der Waals surface area contributed by atoms with Gasteiger partial charge in [0.15, 0.2) is 0 Å². The van der Waals surface area contributed by atoms with E-state index in [0.29, 0.717) is 5.56 Å². The summed E-state index contributed by atoms with van der Waals surface area (Å²) in [6, 6.07) is 11.6. The van der Waals surface area contributed by atoms with E-state index in [-0.39, 0.29) is 5.91 Å². The molecular formula is C18H24N2OS. The fraction of sp³-hybridized carbons (Fsp3) is 0.333. The molecule has 22 heavy (non-hydrogen) atoms. The van der Waals surface area contributed by atoms with E-state index in [1.165, 1.54) is 11.9 Å². The first kappa shape index (κ1) is 18.2. The average Bonchev–Trinajstić information content (AvgIpc) is 2.55. The Morgan fingerprint density at radius 2 is 1.91 bits per heavy atom. The molecule has 0 unspecified atom stereocenters. The molecule has 0 aliphatic heterocycles. The number of amides is 1. The van der Waals surface area contributed by atoms with Gasteiger partial charge in [0.2, 0.25) is 0 Å². The van der Waals surface area contributed by atoms with E-state index in [2.05, 4.69) is 9.71 Å². The van der Waals surface area contributed by atoms with E-state index < -0.39 is 0 Å². The van der Waals surface area contributed by atoms with E-state index in [1.54, 1.807) is 0 Å². The third kappa shape index (κ3) is 4.88. The summed E-state index contributed by atoms with van der Waals surface area (Å²) in [5.74, 6) is 0.787. The molecule has 0 saturated carbocycles. The van der Waals surface area contributed by atoms with Crippen LogP contribution in [0, 0.1) is 13.8 Å². The molecule has 2 aromatic rings. The monoisotopic (exact) mass is 316 g/mol. The standard InChI is InChI=1S/C16H18N2OS.C2H6/c1-4-20-18-16(19)13-9-8-11(2)14(10-13)15-7-5-6-12(3)17-15;1-2/h5-10H,4H2,1-3H3,(H,18,19);1-2H3. The molecule has 4 heteroatoms. The number of hydrogen-bond acceptors (Lipinski definition) is 3. The molecule has 0 saturated heterocycles. The Balaban J connectivity index is 0.00000116. The molecule has 0 spiro atoms. The van der Waals surface area contributed by atoms with Gasteiger partial charge in [0, 0.05) is 22.6 Å². The van der Waals surface area contributed by atoms with Crippen molar-refractivity contribution in [2.75, 3.05) is 5.75 Å². The van der Waals surface area contributed by atoms with E-state index in [1.807, 2.05) is 71.0 Å². The summed E-state index contributed by atoms with van der Waals surface area (Å²) in [6.07, 6.45) is 0. The van der Waals surface area contributed by atoms with Gasteiger partial charge in [-0.25, -0.2) is 0 Å². The molecule has 0 bridgehead atoms. The van der Waals surface area contributed by atoms with Gasteiger partial charge in [-0.05, 0) is 43.7 Å². The van der Waals surface area contributed by atoms with Crippen molar-refractivity contribution in [3.63, 3.8) is 0 Å². The summed E-state index contributed by atoms with van der Waals surface area (Å²) in [5, 5.41) is 0. The van der Waals surface area contributed by atoms with Gasteiger partial charge in [-0.1, -0.05) is 44.9 Å². The number of aryl methyl sites for hydroxylation is 2. The maximum atomic E-state index is 12.0. The number of aromatic nitrogens is 1. The smallest absolute Gasteiger partial charge is 0.261 e. The van der Waals surface area contributed by atoms with E-state index in [9.17, 15) is 4.79 Å². The van der Waals surface area contributed by atoms with Crippen LogP contribution in [0.4, 0.5) is 0 Å². The Morgan fingerprint density at radius 3 is 2.55 bits per heavy atom. The maximum absolute atomic E-state index is 12.0. The summed E-state index contributed by atoms with van der Waals surface area (Å²) >= 11 is 1.40. The number of hydrogen-bond donors (Lipinski definition) is 1. The molecule has 1 aromatic heterocycles. The zero-order chi connectivity index (χ0) is 16.5. The summed E-state index contributed by atoms with van der Waals surface area (Å²) in [5.41, 5.74) is 4.65. The zero-order valence-electron chi connectivity index (χ0n) is 13.9. The van der Waals surface area contributed by atoms with Gasteiger partial charge in [-0.3, -0.25) is 14.5 Å². The van der Waals surface area contributed by atoms with Crippen molar-refractivity contribution in [2.45, 2.75) is 34.6 Å². The van der Waals surface area contributed by atoms with Crippen LogP contribution < -0.4 is 4.72 Å². The second-order valence-electron chi connectivity index (χ2n) is 4.56. The molecule has 0 atom stereocenters. The van der Waals surface area contributed by atoms with Gasteiger partial charge in [-0.15, -0.1) is 0 Å². The molecule has 0 aliphatic carbocycles. The number of benzene rings is 1. The predicted molar refractivity (Wildman–Crippen MR) is 96.1 cm³/mol. The molecule has 2 rings (SSSR count). The molecule has 1 heterocycles. The van der Waals surface area contributed by atoms with Crippen LogP contribution in [-0.2, 0) is 0 Å². The van der Waals surface area contributed by atoms with Crippen LogP contribution in [0.1, 0.15) is 42.4 Å². The number of rotatable bonds is 4. The average molecular weight is 316 g/mol. The summed E-state index contributed by atoms with van der Waals surface area (Å²) < 4.78 is 2.82. The van der Waals surface area contributed by atoms with Crippen LogP contribution in [0.15, 0.2) is 36.4 Å². The van der Waals surface area contributed by atoms with Crippen molar-refractivity contribution in [3.8, 4) is 11.3 Å². The summed E-state index contributed by atoms with van der Waals surface area (Å²) in [4.78, 5) is 16.5. The lowest BCUT2D eigenvalue weighted by molar-refractivity contribution is 0.0984. The lowest BCUT2D eigenvalue weighted by atomic mass is 10.0. The molecule has 3 nitrogen and oxygen atoms in total. The lowest BCUT2D eigenvalue weighted by Crippen LogP contribution is -2.16. The summed E-state index contributed by atoms with van der Waals surface area (Å²) in [7, 11) is 0. The Kier molecular flexibility index (Phi) is 7.67. The Hall–Kier alpha value is -1.81. The third-order valence-electron chi connectivity index (χ3n) is 2.97. The molecule has 1 aromatic carbocycles. The number of nitrogens with one attached hydrogen (secondary N) is 1. The fourth-order valence-corrected chi connectivity index (χ4v) is 2.32. The van der Waals surface area contributed by atoms with Crippen molar-refractivity contribution in [2.24, 2.45) is 0 Å². The SMILES string of the molecule is CC.CCSNC(=O)c1ccc(C)c(-c2cccc(C)n2)c1. The minimum Gasteiger partial charge on any atom is -0.296 e. The molecule has 0 fully saturated rings.